The van der Waals surface area contributed by atoms with Gasteiger partial charge in [-0.25, -0.2) is 4.39 Å². The third kappa shape index (κ3) is 4.98. The Labute approximate surface area is 160 Å². The Morgan fingerprint density at radius 1 is 1.11 bits per heavy atom. The van der Waals surface area contributed by atoms with Gasteiger partial charge in [-0.15, -0.1) is 0 Å². The number of nitrogen functional groups attached to an aromatic ring is 1. The van der Waals surface area contributed by atoms with Crippen LogP contribution in [-0.4, -0.2) is 50.1 Å². The number of halogens is 1. The molecule has 0 spiro atoms. The van der Waals surface area contributed by atoms with Gasteiger partial charge in [0.25, 0.3) is 5.91 Å². The summed E-state index contributed by atoms with van der Waals surface area (Å²) in [5.41, 5.74) is 8.40. The van der Waals surface area contributed by atoms with E-state index in [0.717, 1.165) is 44.0 Å². The van der Waals surface area contributed by atoms with Gasteiger partial charge in [0, 0.05) is 44.0 Å². The smallest absolute Gasteiger partial charge is 0.251 e. The molecular formula is C21H27FN4O. The minimum Gasteiger partial charge on any atom is -0.399 e. The van der Waals surface area contributed by atoms with Crippen LogP contribution in [0.2, 0.25) is 0 Å². The Hall–Kier alpha value is -2.60. The van der Waals surface area contributed by atoms with E-state index in [4.69, 9.17) is 5.73 Å². The number of amides is 1. The number of nitrogens with zero attached hydrogens (tertiary/aromatic N) is 2. The number of benzene rings is 2. The van der Waals surface area contributed by atoms with Crippen molar-refractivity contribution in [2.75, 3.05) is 49.9 Å². The van der Waals surface area contributed by atoms with Gasteiger partial charge in [0.2, 0.25) is 0 Å². The van der Waals surface area contributed by atoms with E-state index in [9.17, 15) is 9.18 Å². The van der Waals surface area contributed by atoms with Crippen LogP contribution in [0.25, 0.3) is 0 Å². The molecule has 27 heavy (non-hydrogen) atoms. The fourth-order valence-electron chi connectivity index (χ4n) is 3.32. The van der Waals surface area contributed by atoms with Crippen LogP contribution in [0.15, 0.2) is 42.5 Å². The number of carbonyl (C=O) groups excluding carboxylic acids is 1. The lowest BCUT2D eigenvalue weighted by molar-refractivity contribution is 0.0953. The van der Waals surface area contributed by atoms with E-state index < -0.39 is 0 Å². The summed E-state index contributed by atoms with van der Waals surface area (Å²) in [7, 11) is 0. The van der Waals surface area contributed by atoms with Gasteiger partial charge in [-0.05, 0) is 48.9 Å². The quantitative estimate of drug-likeness (QED) is 0.767. The van der Waals surface area contributed by atoms with Gasteiger partial charge < -0.3 is 20.9 Å². The SMILES string of the molecule is CCN1CCN(c2ccc(C(=O)NCCc3ccc(N)cc3)cc2F)CC1. The zero-order chi connectivity index (χ0) is 19.2. The predicted octanol–water partition coefficient (Wildman–Crippen LogP) is 2.52. The van der Waals surface area contributed by atoms with Crippen LogP contribution in [-0.2, 0) is 6.42 Å². The van der Waals surface area contributed by atoms with Crippen molar-refractivity contribution in [3.05, 3.63) is 59.4 Å². The molecule has 1 heterocycles. The molecule has 6 heteroatoms. The Bertz CT molecular complexity index is 770. The van der Waals surface area contributed by atoms with Crippen LogP contribution in [0.1, 0.15) is 22.8 Å². The molecule has 1 fully saturated rings. The van der Waals surface area contributed by atoms with Crippen molar-refractivity contribution in [1.82, 2.24) is 10.2 Å². The highest BCUT2D eigenvalue weighted by atomic mass is 19.1. The maximum absolute atomic E-state index is 14.6. The number of nitrogens with one attached hydrogen (secondary N) is 1. The number of nitrogens with two attached hydrogens (primary N) is 1. The molecule has 0 saturated carbocycles. The summed E-state index contributed by atoms with van der Waals surface area (Å²) >= 11 is 0. The molecule has 3 rings (SSSR count). The lowest BCUT2D eigenvalue weighted by atomic mass is 10.1. The number of rotatable bonds is 6. The summed E-state index contributed by atoms with van der Waals surface area (Å²) in [5.74, 6) is -0.599. The van der Waals surface area contributed by atoms with Gasteiger partial charge in [0.05, 0.1) is 5.69 Å². The molecular weight excluding hydrogens is 343 g/mol. The molecule has 0 bridgehead atoms. The highest BCUT2D eigenvalue weighted by molar-refractivity contribution is 5.94. The first-order valence-electron chi connectivity index (χ1n) is 9.46. The lowest BCUT2D eigenvalue weighted by Crippen LogP contribution is -2.46. The predicted molar refractivity (Wildman–Crippen MR) is 108 cm³/mol. The monoisotopic (exact) mass is 370 g/mol. The minimum atomic E-state index is -0.342. The normalized spacial score (nSPS) is 15.0. The number of hydrogen-bond acceptors (Lipinski definition) is 4. The van der Waals surface area contributed by atoms with Crippen molar-refractivity contribution in [1.29, 1.82) is 0 Å². The summed E-state index contributed by atoms with van der Waals surface area (Å²) in [6.07, 6.45) is 0.703. The van der Waals surface area contributed by atoms with E-state index >= 15 is 0 Å². The van der Waals surface area contributed by atoms with E-state index in [0.29, 0.717) is 24.2 Å². The summed E-state index contributed by atoms with van der Waals surface area (Å²) in [6, 6.07) is 12.3. The molecule has 5 nitrogen and oxygen atoms in total. The van der Waals surface area contributed by atoms with Crippen LogP contribution < -0.4 is 16.0 Å². The average Bonchev–Trinajstić information content (AvgIpc) is 2.69. The number of carbonyl (C=O) groups is 1. The molecule has 0 aromatic heterocycles. The molecule has 1 amide bonds. The van der Waals surface area contributed by atoms with Crippen LogP contribution >= 0.6 is 0 Å². The van der Waals surface area contributed by atoms with Gasteiger partial charge >= 0.3 is 0 Å². The molecule has 1 saturated heterocycles. The first kappa shape index (κ1) is 19.2. The topological polar surface area (TPSA) is 61.6 Å². The van der Waals surface area contributed by atoms with Gasteiger partial charge in [0.15, 0.2) is 0 Å². The Kier molecular flexibility index (Phi) is 6.29. The van der Waals surface area contributed by atoms with E-state index in [1.54, 1.807) is 12.1 Å². The highest BCUT2D eigenvalue weighted by Crippen LogP contribution is 2.22. The Morgan fingerprint density at radius 2 is 1.81 bits per heavy atom. The second-order valence-corrected chi connectivity index (χ2v) is 6.83. The summed E-state index contributed by atoms with van der Waals surface area (Å²) in [4.78, 5) is 16.7. The number of hydrogen-bond donors (Lipinski definition) is 2. The zero-order valence-electron chi connectivity index (χ0n) is 15.7. The Morgan fingerprint density at radius 3 is 2.44 bits per heavy atom. The molecule has 0 atom stereocenters. The summed E-state index contributed by atoms with van der Waals surface area (Å²) in [5, 5.41) is 2.84. The molecule has 3 N–H and O–H groups in total. The fraction of sp³-hybridized carbons (Fsp3) is 0.381. The molecule has 1 aliphatic heterocycles. The summed E-state index contributed by atoms with van der Waals surface area (Å²) in [6.45, 7) is 7.12. The van der Waals surface area contributed by atoms with Crippen molar-refractivity contribution < 1.29 is 9.18 Å². The highest BCUT2D eigenvalue weighted by Gasteiger charge is 2.19. The van der Waals surface area contributed by atoms with Crippen LogP contribution in [0.5, 0.6) is 0 Å². The molecule has 0 aliphatic carbocycles. The van der Waals surface area contributed by atoms with Gasteiger partial charge in [0.1, 0.15) is 5.82 Å². The first-order valence-corrected chi connectivity index (χ1v) is 9.46. The second kappa shape index (κ2) is 8.86. The molecule has 0 radical (unpaired) electrons. The maximum atomic E-state index is 14.6. The van der Waals surface area contributed by atoms with Crippen LogP contribution in [0.3, 0.4) is 0 Å². The maximum Gasteiger partial charge on any atom is 0.251 e. The van der Waals surface area contributed by atoms with Gasteiger partial charge in [-0.2, -0.15) is 0 Å². The van der Waals surface area contributed by atoms with E-state index in [1.165, 1.54) is 6.07 Å². The van der Waals surface area contributed by atoms with E-state index in [1.807, 2.05) is 29.2 Å². The first-order chi connectivity index (χ1) is 13.1. The standard InChI is InChI=1S/C21H27FN4O/c1-2-25-11-13-26(14-12-25)20-8-5-17(15-19(20)22)21(27)24-10-9-16-3-6-18(23)7-4-16/h3-8,15H,2,9-14,23H2,1H3,(H,24,27). The van der Waals surface area contributed by atoms with E-state index in [2.05, 4.69) is 17.1 Å². The molecule has 2 aromatic carbocycles. The molecule has 0 unspecified atom stereocenters. The number of piperazine rings is 1. The van der Waals surface area contributed by atoms with Crippen molar-refractivity contribution >= 4 is 17.3 Å². The third-order valence-electron chi connectivity index (χ3n) is 5.05. The van der Waals surface area contributed by atoms with Crippen LogP contribution in [0, 0.1) is 5.82 Å². The summed E-state index contributed by atoms with van der Waals surface area (Å²) < 4.78 is 14.6. The lowest BCUT2D eigenvalue weighted by Gasteiger charge is -2.35. The van der Waals surface area contributed by atoms with Gasteiger partial charge in [-0.1, -0.05) is 19.1 Å². The van der Waals surface area contributed by atoms with Crippen molar-refractivity contribution in [2.24, 2.45) is 0 Å². The van der Waals surface area contributed by atoms with Crippen molar-refractivity contribution in [3.63, 3.8) is 0 Å². The molecule has 144 valence electrons. The minimum absolute atomic E-state index is 0.258. The Balaban J connectivity index is 1.54. The largest absolute Gasteiger partial charge is 0.399 e. The van der Waals surface area contributed by atoms with Gasteiger partial charge in [-0.3, -0.25) is 4.79 Å². The molecule has 2 aromatic rings. The van der Waals surface area contributed by atoms with Crippen molar-refractivity contribution in [2.45, 2.75) is 13.3 Å². The second-order valence-electron chi connectivity index (χ2n) is 6.83. The van der Waals surface area contributed by atoms with E-state index in [-0.39, 0.29) is 11.7 Å². The number of likely N-dealkylation sites (N-methyl/N-ethyl adjacent to an activating group) is 1. The average molecular weight is 370 g/mol. The third-order valence-corrected chi connectivity index (χ3v) is 5.05. The van der Waals surface area contributed by atoms with Crippen molar-refractivity contribution in [3.8, 4) is 0 Å². The molecule has 1 aliphatic rings. The zero-order valence-corrected chi connectivity index (χ0v) is 15.7. The fourth-order valence-corrected chi connectivity index (χ4v) is 3.32. The van der Waals surface area contributed by atoms with Crippen LogP contribution in [0.4, 0.5) is 15.8 Å². The number of anilines is 2.